The number of hydrogen-bond acceptors (Lipinski definition) is 5. The third kappa shape index (κ3) is 2.90. The van der Waals surface area contributed by atoms with E-state index in [1.165, 1.54) is 30.5 Å². The number of fused-ring (bicyclic) bond motifs is 1. The predicted molar refractivity (Wildman–Crippen MR) is 87.6 cm³/mol. The van der Waals surface area contributed by atoms with Crippen molar-refractivity contribution in [1.82, 2.24) is 9.97 Å². The predicted octanol–water partition coefficient (Wildman–Crippen LogP) is 3.85. The van der Waals surface area contributed by atoms with E-state index in [4.69, 9.17) is 14.7 Å². The third-order valence-corrected chi connectivity index (χ3v) is 5.55. The van der Waals surface area contributed by atoms with E-state index in [1.54, 1.807) is 0 Å². The summed E-state index contributed by atoms with van der Waals surface area (Å²) in [6, 6.07) is 0. The zero-order valence-electron chi connectivity index (χ0n) is 13.1. The molecule has 0 bridgehead atoms. The molecule has 1 aromatic heterocycles. The quantitative estimate of drug-likeness (QED) is 0.895. The smallest absolute Gasteiger partial charge is 0.162 e. The van der Waals surface area contributed by atoms with E-state index >= 15 is 0 Å². The first-order chi connectivity index (χ1) is 10.3. The van der Waals surface area contributed by atoms with Crippen LogP contribution in [-0.4, -0.2) is 23.6 Å². The minimum Gasteiger partial charge on any atom is -0.370 e. The largest absolute Gasteiger partial charge is 0.370 e. The van der Waals surface area contributed by atoms with Gasteiger partial charge in [-0.15, -0.1) is 0 Å². The van der Waals surface area contributed by atoms with Gasteiger partial charge in [0.2, 0.25) is 0 Å². The van der Waals surface area contributed by atoms with Crippen LogP contribution in [0.5, 0.6) is 0 Å². The van der Waals surface area contributed by atoms with Gasteiger partial charge in [-0.1, -0.05) is 26.2 Å². The van der Waals surface area contributed by atoms with Crippen LogP contribution in [0.3, 0.4) is 0 Å². The molecule has 1 N–H and O–H groups in total. The number of ether oxygens (including phenoxy) is 1. The number of nitrogens with zero attached hydrogens (tertiary/aromatic N) is 2. The molecule has 4 nitrogen and oxygen atoms in total. The van der Waals surface area contributed by atoms with Gasteiger partial charge in [-0.2, -0.15) is 11.8 Å². The van der Waals surface area contributed by atoms with E-state index in [1.807, 2.05) is 18.9 Å². The van der Waals surface area contributed by atoms with Crippen LogP contribution in [0.1, 0.15) is 62.5 Å². The number of methoxy groups -OCH3 is 1. The van der Waals surface area contributed by atoms with Crippen LogP contribution in [0.4, 0.5) is 5.82 Å². The summed E-state index contributed by atoms with van der Waals surface area (Å²) in [6.45, 7) is 3.15. The van der Waals surface area contributed by atoms with E-state index < -0.39 is 0 Å². The second kappa shape index (κ2) is 6.53. The molecule has 0 atom stereocenters. The van der Waals surface area contributed by atoms with Crippen molar-refractivity contribution >= 4 is 17.6 Å². The van der Waals surface area contributed by atoms with Gasteiger partial charge in [-0.3, -0.25) is 0 Å². The minimum atomic E-state index is -0.261. The molecule has 0 spiro atoms. The molecule has 1 saturated carbocycles. The first-order valence-corrected chi connectivity index (χ1v) is 9.21. The zero-order valence-corrected chi connectivity index (χ0v) is 13.9. The molecule has 5 heteroatoms. The van der Waals surface area contributed by atoms with Crippen LogP contribution in [0.15, 0.2) is 0 Å². The van der Waals surface area contributed by atoms with Crippen LogP contribution in [0.25, 0.3) is 0 Å². The van der Waals surface area contributed by atoms with Gasteiger partial charge in [-0.25, -0.2) is 9.97 Å². The molecular weight excluding hydrogens is 282 g/mol. The summed E-state index contributed by atoms with van der Waals surface area (Å²) in [4.78, 5) is 9.78. The Bertz CT molecular complexity index is 501. The molecule has 1 aromatic rings. The molecule has 2 aliphatic rings. The van der Waals surface area contributed by atoms with Gasteiger partial charge in [0.05, 0.1) is 5.69 Å². The number of thioether (sulfide) groups is 1. The number of hydrogen-bond donors (Lipinski definition) is 1. The van der Waals surface area contributed by atoms with Crippen molar-refractivity contribution in [3.8, 4) is 0 Å². The van der Waals surface area contributed by atoms with Crippen LogP contribution < -0.4 is 5.32 Å². The monoisotopic (exact) mass is 307 g/mol. The molecule has 2 heterocycles. The average molecular weight is 307 g/mol. The fourth-order valence-electron chi connectivity index (χ4n) is 3.29. The van der Waals surface area contributed by atoms with Crippen LogP contribution >= 0.6 is 11.8 Å². The van der Waals surface area contributed by atoms with Crippen LogP contribution in [-0.2, 0) is 21.8 Å². The van der Waals surface area contributed by atoms with E-state index in [2.05, 4.69) is 12.2 Å². The number of anilines is 1. The number of aromatic nitrogens is 2. The summed E-state index contributed by atoms with van der Waals surface area (Å²) in [5.41, 5.74) is 2.26. The zero-order chi connectivity index (χ0) is 14.7. The molecule has 1 fully saturated rings. The Kier molecular flexibility index (Phi) is 4.69. The van der Waals surface area contributed by atoms with E-state index in [-0.39, 0.29) is 5.60 Å². The molecular formula is C16H25N3OS. The highest BCUT2D eigenvalue weighted by atomic mass is 32.2. The second-order valence-corrected chi connectivity index (χ2v) is 6.99. The lowest BCUT2D eigenvalue weighted by Gasteiger charge is -2.35. The summed E-state index contributed by atoms with van der Waals surface area (Å²) in [7, 11) is 1.82. The van der Waals surface area contributed by atoms with Gasteiger partial charge in [0, 0.05) is 30.7 Å². The third-order valence-electron chi connectivity index (χ3n) is 4.58. The van der Waals surface area contributed by atoms with E-state index in [0.29, 0.717) is 0 Å². The van der Waals surface area contributed by atoms with Gasteiger partial charge >= 0.3 is 0 Å². The molecule has 3 rings (SSSR count). The number of nitrogens with one attached hydrogen (secondary N) is 1. The summed E-state index contributed by atoms with van der Waals surface area (Å²) >= 11 is 1.93. The minimum absolute atomic E-state index is 0.261. The van der Waals surface area contributed by atoms with E-state index in [9.17, 15) is 0 Å². The van der Waals surface area contributed by atoms with Crippen molar-refractivity contribution in [2.24, 2.45) is 0 Å². The summed E-state index contributed by atoms with van der Waals surface area (Å²) in [6.07, 6.45) is 6.91. The van der Waals surface area contributed by atoms with E-state index in [0.717, 1.165) is 49.0 Å². The fraction of sp³-hybridized carbons (Fsp3) is 0.750. The molecule has 1 aliphatic heterocycles. The molecule has 0 amide bonds. The fourth-order valence-corrected chi connectivity index (χ4v) is 4.33. The lowest BCUT2D eigenvalue weighted by molar-refractivity contribution is -0.0515. The number of rotatable bonds is 5. The van der Waals surface area contributed by atoms with Gasteiger partial charge in [0.15, 0.2) is 5.82 Å². The molecule has 0 saturated heterocycles. The van der Waals surface area contributed by atoms with Crippen LogP contribution in [0.2, 0.25) is 0 Å². The first kappa shape index (κ1) is 15.1. The lowest BCUT2D eigenvalue weighted by atomic mass is 9.83. The lowest BCUT2D eigenvalue weighted by Crippen LogP contribution is -2.34. The van der Waals surface area contributed by atoms with Gasteiger partial charge in [-0.05, 0) is 19.3 Å². The Hall–Kier alpha value is -0.810. The average Bonchev–Trinajstić information content (AvgIpc) is 3.01. The highest BCUT2D eigenvalue weighted by Gasteiger charge is 2.38. The van der Waals surface area contributed by atoms with Crippen molar-refractivity contribution in [1.29, 1.82) is 0 Å². The molecule has 21 heavy (non-hydrogen) atoms. The molecule has 0 aromatic carbocycles. The maximum Gasteiger partial charge on any atom is 0.162 e. The molecule has 0 unspecified atom stereocenters. The van der Waals surface area contributed by atoms with Crippen molar-refractivity contribution in [2.45, 2.75) is 62.6 Å². The van der Waals surface area contributed by atoms with Gasteiger partial charge in [0.25, 0.3) is 0 Å². The maximum atomic E-state index is 5.92. The maximum absolute atomic E-state index is 5.92. The molecule has 116 valence electrons. The molecule has 0 radical (unpaired) electrons. The normalized spacial score (nSPS) is 20.3. The Morgan fingerprint density at radius 2 is 2.00 bits per heavy atom. The van der Waals surface area contributed by atoms with Gasteiger partial charge in [0.1, 0.15) is 11.4 Å². The summed E-state index contributed by atoms with van der Waals surface area (Å²) in [5, 5.41) is 3.50. The molecule has 1 aliphatic carbocycles. The Labute approximate surface area is 131 Å². The Morgan fingerprint density at radius 3 is 2.71 bits per heavy atom. The highest BCUT2D eigenvalue weighted by Crippen LogP contribution is 2.41. The topological polar surface area (TPSA) is 47.0 Å². The Morgan fingerprint density at radius 1 is 1.19 bits per heavy atom. The first-order valence-electron chi connectivity index (χ1n) is 8.06. The SMILES string of the molecule is CCCNc1nc(C2(OC)CCCCC2)nc2c1CSC2. The standard InChI is InChI=1S/C16H25N3OS/c1-3-9-17-14-12-10-21-11-13(12)18-15(19-14)16(20-2)7-5-4-6-8-16/h3-11H2,1-2H3,(H,17,18,19). The van der Waals surface area contributed by atoms with Crippen molar-refractivity contribution < 1.29 is 4.74 Å². The van der Waals surface area contributed by atoms with Crippen LogP contribution in [0, 0.1) is 0 Å². The van der Waals surface area contributed by atoms with Crippen molar-refractivity contribution in [3.05, 3.63) is 17.1 Å². The Balaban J connectivity index is 1.98. The van der Waals surface area contributed by atoms with Crippen molar-refractivity contribution in [3.63, 3.8) is 0 Å². The summed E-state index contributed by atoms with van der Waals surface area (Å²) < 4.78 is 5.92. The van der Waals surface area contributed by atoms with Gasteiger partial charge < -0.3 is 10.1 Å². The van der Waals surface area contributed by atoms with Crippen molar-refractivity contribution in [2.75, 3.05) is 19.0 Å². The second-order valence-electron chi connectivity index (χ2n) is 6.00. The highest BCUT2D eigenvalue weighted by molar-refractivity contribution is 7.98. The summed E-state index contributed by atoms with van der Waals surface area (Å²) in [5.74, 6) is 3.99.